The number of carbonyl (C=O) groups is 1. The van der Waals surface area contributed by atoms with Crippen LogP contribution in [0.4, 0.5) is 0 Å². The average Bonchev–Trinajstić information content (AvgIpc) is 3.26. The van der Waals surface area contributed by atoms with Crippen LogP contribution in [0.5, 0.6) is 0 Å². The Morgan fingerprint density at radius 1 is 1.29 bits per heavy atom. The van der Waals surface area contributed by atoms with Gasteiger partial charge in [-0.15, -0.1) is 0 Å². The maximum absolute atomic E-state index is 12.5. The Balaban J connectivity index is 1.78. The van der Waals surface area contributed by atoms with Gasteiger partial charge in [-0.05, 0) is 43.9 Å². The van der Waals surface area contributed by atoms with Crippen molar-refractivity contribution in [1.82, 2.24) is 9.62 Å². The lowest BCUT2D eigenvalue weighted by atomic mass is 10.2. The van der Waals surface area contributed by atoms with Gasteiger partial charge in [0.15, 0.2) is 0 Å². The summed E-state index contributed by atoms with van der Waals surface area (Å²) in [5, 5.41) is 0.104. The van der Waals surface area contributed by atoms with Gasteiger partial charge >= 0.3 is 0 Å². The number of benzene rings is 1. The van der Waals surface area contributed by atoms with E-state index in [0.29, 0.717) is 25.3 Å². The molecule has 0 aliphatic carbocycles. The zero-order chi connectivity index (χ0) is 17.2. The van der Waals surface area contributed by atoms with Gasteiger partial charge in [0, 0.05) is 31.8 Å². The number of rotatable bonds is 5. The molecule has 0 saturated carbocycles. The predicted octanol–water partition coefficient (Wildman–Crippen LogP) is 2.03. The molecule has 1 aromatic rings. The van der Waals surface area contributed by atoms with Gasteiger partial charge < -0.3 is 9.64 Å². The molecular weight excluding hydrogens is 352 g/mol. The van der Waals surface area contributed by atoms with Crippen LogP contribution in [0, 0.1) is 0 Å². The van der Waals surface area contributed by atoms with E-state index < -0.39 is 10.0 Å². The van der Waals surface area contributed by atoms with E-state index in [1.54, 1.807) is 11.0 Å². The zero-order valence-electron chi connectivity index (χ0n) is 13.3. The molecule has 2 fully saturated rings. The molecule has 0 unspecified atom stereocenters. The fourth-order valence-electron chi connectivity index (χ4n) is 3.03. The van der Waals surface area contributed by atoms with E-state index in [9.17, 15) is 13.2 Å². The molecule has 2 aliphatic heterocycles. The van der Waals surface area contributed by atoms with E-state index in [0.717, 1.165) is 25.7 Å². The van der Waals surface area contributed by atoms with Gasteiger partial charge in [-0.25, -0.2) is 13.1 Å². The van der Waals surface area contributed by atoms with Crippen LogP contribution in [-0.2, 0) is 14.8 Å². The number of nitrogens with zero attached hydrogens (tertiary/aromatic N) is 1. The molecule has 0 aromatic heterocycles. The van der Waals surface area contributed by atoms with Crippen LogP contribution in [0.2, 0.25) is 5.02 Å². The van der Waals surface area contributed by atoms with Gasteiger partial charge in [-0.2, -0.15) is 0 Å². The van der Waals surface area contributed by atoms with Crippen molar-refractivity contribution in [1.29, 1.82) is 0 Å². The smallest absolute Gasteiger partial charge is 0.253 e. The topological polar surface area (TPSA) is 75.7 Å². The molecule has 8 heteroatoms. The van der Waals surface area contributed by atoms with Crippen LogP contribution in [0.3, 0.4) is 0 Å². The summed E-state index contributed by atoms with van der Waals surface area (Å²) in [5.74, 6) is -0.153. The predicted molar refractivity (Wildman–Crippen MR) is 90.8 cm³/mol. The third-order valence-corrected chi connectivity index (χ3v) is 6.29. The second-order valence-corrected chi connectivity index (χ2v) is 8.27. The maximum atomic E-state index is 12.5. The second-order valence-electron chi connectivity index (χ2n) is 6.13. The highest BCUT2D eigenvalue weighted by Crippen LogP contribution is 2.24. The van der Waals surface area contributed by atoms with Crippen LogP contribution in [0.1, 0.15) is 36.0 Å². The van der Waals surface area contributed by atoms with Crippen molar-refractivity contribution >= 4 is 27.5 Å². The summed E-state index contributed by atoms with van der Waals surface area (Å²) < 4.78 is 33.0. The minimum absolute atomic E-state index is 0.0628. The van der Waals surface area contributed by atoms with Crippen molar-refractivity contribution in [2.75, 3.05) is 26.2 Å². The van der Waals surface area contributed by atoms with Crippen molar-refractivity contribution in [2.24, 2.45) is 0 Å². The fourth-order valence-corrected chi connectivity index (χ4v) is 4.62. The molecule has 1 N–H and O–H groups in total. The number of likely N-dealkylation sites (tertiary alicyclic amines) is 1. The summed E-state index contributed by atoms with van der Waals surface area (Å²) in [4.78, 5) is 14.1. The average molecular weight is 373 g/mol. The Bertz CT molecular complexity index is 711. The van der Waals surface area contributed by atoms with Gasteiger partial charge in [0.05, 0.1) is 11.1 Å². The highest BCUT2D eigenvalue weighted by molar-refractivity contribution is 7.89. The number of carbonyl (C=O) groups excluding carboxylic acids is 1. The van der Waals surface area contributed by atoms with Crippen LogP contribution in [0.15, 0.2) is 23.1 Å². The van der Waals surface area contributed by atoms with E-state index in [-0.39, 0.29) is 28.5 Å². The Kier molecular flexibility index (Phi) is 5.44. The summed E-state index contributed by atoms with van der Waals surface area (Å²) in [6, 6.07) is 4.40. The number of hydrogen-bond donors (Lipinski definition) is 1. The summed E-state index contributed by atoms with van der Waals surface area (Å²) in [6.45, 7) is 2.29. The molecule has 6 nitrogen and oxygen atoms in total. The largest absolute Gasteiger partial charge is 0.377 e. The molecule has 3 rings (SSSR count). The molecule has 1 atom stereocenters. The SMILES string of the molecule is O=C(c1ccc(Cl)c(S(=O)(=O)NC[C@@H]2CCCO2)c1)N1CCCC1. The molecule has 132 valence electrons. The van der Waals surface area contributed by atoms with Crippen molar-refractivity contribution in [3.63, 3.8) is 0 Å². The lowest BCUT2D eigenvalue weighted by Crippen LogP contribution is -2.32. The van der Waals surface area contributed by atoms with E-state index in [1.165, 1.54) is 12.1 Å². The summed E-state index contributed by atoms with van der Waals surface area (Å²) >= 11 is 6.07. The van der Waals surface area contributed by atoms with Crippen LogP contribution in [-0.4, -0.2) is 51.6 Å². The number of halogens is 1. The molecule has 0 spiro atoms. The van der Waals surface area contributed by atoms with Crippen LogP contribution >= 0.6 is 11.6 Å². The first-order chi connectivity index (χ1) is 11.5. The lowest BCUT2D eigenvalue weighted by molar-refractivity contribution is 0.0792. The molecule has 0 radical (unpaired) electrons. The lowest BCUT2D eigenvalue weighted by Gasteiger charge is -2.17. The number of hydrogen-bond acceptors (Lipinski definition) is 4. The second kappa shape index (κ2) is 7.39. The molecular formula is C16H21ClN2O4S. The summed E-state index contributed by atoms with van der Waals surface area (Å²) in [5.41, 5.74) is 0.346. The maximum Gasteiger partial charge on any atom is 0.253 e. The molecule has 0 bridgehead atoms. The van der Waals surface area contributed by atoms with E-state index >= 15 is 0 Å². The summed E-state index contributed by atoms with van der Waals surface area (Å²) in [7, 11) is -3.79. The molecule has 2 aliphatic rings. The minimum Gasteiger partial charge on any atom is -0.377 e. The highest BCUT2D eigenvalue weighted by Gasteiger charge is 2.25. The third kappa shape index (κ3) is 3.91. The van der Waals surface area contributed by atoms with E-state index in [4.69, 9.17) is 16.3 Å². The number of amides is 1. The first kappa shape index (κ1) is 17.7. The molecule has 1 aromatic carbocycles. The zero-order valence-corrected chi connectivity index (χ0v) is 14.9. The van der Waals surface area contributed by atoms with Crippen molar-refractivity contribution < 1.29 is 17.9 Å². The van der Waals surface area contributed by atoms with Gasteiger partial charge in [-0.3, -0.25) is 4.79 Å². The van der Waals surface area contributed by atoms with Crippen molar-refractivity contribution in [3.8, 4) is 0 Å². The Morgan fingerprint density at radius 2 is 2.04 bits per heavy atom. The van der Waals surface area contributed by atoms with Crippen molar-refractivity contribution in [2.45, 2.75) is 36.7 Å². The first-order valence-electron chi connectivity index (χ1n) is 8.17. The standard InChI is InChI=1S/C16H21ClN2O4S/c17-14-6-5-12(16(20)19-7-1-2-8-19)10-15(14)24(21,22)18-11-13-4-3-9-23-13/h5-6,10,13,18H,1-4,7-9,11H2/t13-/m0/s1. The molecule has 2 saturated heterocycles. The van der Waals surface area contributed by atoms with Gasteiger partial charge in [-0.1, -0.05) is 11.6 Å². The summed E-state index contributed by atoms with van der Waals surface area (Å²) in [6.07, 6.45) is 3.63. The molecule has 2 heterocycles. The highest BCUT2D eigenvalue weighted by atomic mass is 35.5. The number of sulfonamides is 1. The van der Waals surface area contributed by atoms with Crippen LogP contribution in [0.25, 0.3) is 0 Å². The van der Waals surface area contributed by atoms with Crippen molar-refractivity contribution in [3.05, 3.63) is 28.8 Å². The number of ether oxygens (including phenoxy) is 1. The van der Waals surface area contributed by atoms with Gasteiger partial charge in [0.1, 0.15) is 4.90 Å². The third-order valence-electron chi connectivity index (χ3n) is 4.39. The minimum atomic E-state index is -3.79. The van der Waals surface area contributed by atoms with Gasteiger partial charge in [0.2, 0.25) is 10.0 Å². The monoisotopic (exact) mass is 372 g/mol. The number of nitrogens with one attached hydrogen (secondary N) is 1. The molecule has 24 heavy (non-hydrogen) atoms. The van der Waals surface area contributed by atoms with E-state index in [1.807, 2.05) is 0 Å². The Morgan fingerprint density at radius 3 is 2.71 bits per heavy atom. The normalized spacial score (nSPS) is 21.4. The van der Waals surface area contributed by atoms with Gasteiger partial charge in [0.25, 0.3) is 5.91 Å². The quantitative estimate of drug-likeness (QED) is 0.858. The van der Waals surface area contributed by atoms with Crippen LogP contribution < -0.4 is 4.72 Å². The Labute approximate surface area is 147 Å². The Hall–Kier alpha value is -1.15. The first-order valence-corrected chi connectivity index (χ1v) is 10.0. The van der Waals surface area contributed by atoms with E-state index in [2.05, 4.69) is 4.72 Å². The fraction of sp³-hybridized carbons (Fsp3) is 0.562. The molecule has 1 amide bonds.